The Morgan fingerprint density at radius 2 is 2.00 bits per heavy atom. The summed E-state index contributed by atoms with van der Waals surface area (Å²) in [6.45, 7) is 5.85. The van der Waals surface area contributed by atoms with Crippen molar-refractivity contribution >= 4 is 21.8 Å². The Balaban J connectivity index is 2.15. The Kier molecular flexibility index (Phi) is 10.1. The molecular weight excluding hydrogens is 346 g/mol. The molecule has 0 radical (unpaired) electrons. The molecule has 0 aliphatic carbocycles. The molecule has 0 unspecified atom stereocenters. The van der Waals surface area contributed by atoms with Crippen molar-refractivity contribution in [1.29, 1.82) is 0 Å². The van der Waals surface area contributed by atoms with Gasteiger partial charge in [-0.1, -0.05) is 28.1 Å². The second kappa shape index (κ2) is 11.6. The number of halogens is 1. The molecular formula is C17H26BrNO3. The van der Waals surface area contributed by atoms with Crippen molar-refractivity contribution < 1.29 is 14.3 Å². The first kappa shape index (κ1) is 19.1. The molecule has 0 fully saturated rings. The number of hydrogen-bond donors (Lipinski definition) is 1. The highest BCUT2D eigenvalue weighted by Gasteiger charge is 2.08. The normalized spacial score (nSPS) is 10.9. The van der Waals surface area contributed by atoms with Gasteiger partial charge in [-0.25, -0.2) is 0 Å². The van der Waals surface area contributed by atoms with E-state index in [0.717, 1.165) is 29.3 Å². The highest BCUT2D eigenvalue weighted by molar-refractivity contribution is 9.10. The Labute approximate surface area is 141 Å². The summed E-state index contributed by atoms with van der Waals surface area (Å²) in [5.41, 5.74) is 1.16. The third-order valence-corrected chi connectivity index (χ3v) is 3.67. The summed E-state index contributed by atoms with van der Waals surface area (Å²) in [4.78, 5) is 11.8. The van der Waals surface area contributed by atoms with Crippen molar-refractivity contribution in [2.45, 2.75) is 45.8 Å². The molecule has 1 amide bonds. The smallest absolute Gasteiger partial charge is 0.220 e. The van der Waals surface area contributed by atoms with Crippen LogP contribution in [0.5, 0.6) is 0 Å². The van der Waals surface area contributed by atoms with E-state index >= 15 is 0 Å². The molecule has 0 aliphatic heterocycles. The quantitative estimate of drug-likeness (QED) is 0.476. The summed E-state index contributed by atoms with van der Waals surface area (Å²) in [6, 6.07) is 8.05. The molecule has 0 atom stereocenters. The third kappa shape index (κ3) is 8.51. The zero-order valence-electron chi connectivity index (χ0n) is 13.4. The molecule has 4 nitrogen and oxygen atoms in total. The number of hydrogen-bond acceptors (Lipinski definition) is 3. The van der Waals surface area contributed by atoms with Gasteiger partial charge < -0.3 is 14.8 Å². The number of ether oxygens (including phenoxy) is 2. The van der Waals surface area contributed by atoms with Gasteiger partial charge in [0, 0.05) is 37.1 Å². The van der Waals surface area contributed by atoms with E-state index in [9.17, 15) is 4.79 Å². The van der Waals surface area contributed by atoms with Gasteiger partial charge >= 0.3 is 0 Å². The zero-order valence-corrected chi connectivity index (χ0v) is 15.0. The fourth-order valence-electron chi connectivity index (χ4n) is 2.12. The second-order valence-corrected chi connectivity index (χ2v) is 5.88. The maximum absolute atomic E-state index is 11.8. The molecule has 0 saturated carbocycles. The largest absolute Gasteiger partial charge is 0.356 e. The van der Waals surface area contributed by atoms with E-state index in [4.69, 9.17) is 9.47 Å². The monoisotopic (exact) mass is 371 g/mol. The SMILES string of the molecule is CCOC(CCCNC(=O)CCc1cccc(Br)c1)OCC. The Bertz CT molecular complexity index is 434. The summed E-state index contributed by atoms with van der Waals surface area (Å²) in [5, 5.41) is 2.95. The minimum absolute atomic E-state index is 0.0874. The lowest BCUT2D eigenvalue weighted by Crippen LogP contribution is -2.26. The van der Waals surface area contributed by atoms with E-state index in [0.29, 0.717) is 26.2 Å². The highest BCUT2D eigenvalue weighted by atomic mass is 79.9. The molecule has 0 bridgehead atoms. The minimum Gasteiger partial charge on any atom is -0.356 e. The Morgan fingerprint density at radius 3 is 2.64 bits per heavy atom. The Morgan fingerprint density at radius 1 is 1.27 bits per heavy atom. The minimum atomic E-state index is -0.159. The molecule has 0 spiro atoms. The maximum Gasteiger partial charge on any atom is 0.220 e. The molecule has 1 N–H and O–H groups in total. The first-order valence-electron chi connectivity index (χ1n) is 7.90. The van der Waals surface area contributed by atoms with Crippen LogP contribution in [0.15, 0.2) is 28.7 Å². The van der Waals surface area contributed by atoms with E-state index in [-0.39, 0.29) is 12.2 Å². The number of nitrogens with one attached hydrogen (secondary N) is 1. The number of rotatable bonds is 11. The van der Waals surface area contributed by atoms with Gasteiger partial charge in [0.15, 0.2) is 6.29 Å². The van der Waals surface area contributed by atoms with Gasteiger partial charge in [0.2, 0.25) is 5.91 Å². The molecule has 1 aromatic carbocycles. The third-order valence-electron chi connectivity index (χ3n) is 3.17. The fraction of sp³-hybridized carbons (Fsp3) is 0.588. The number of amides is 1. The molecule has 124 valence electrons. The molecule has 0 aliphatic rings. The van der Waals surface area contributed by atoms with Crippen molar-refractivity contribution in [3.63, 3.8) is 0 Å². The Hall–Kier alpha value is -0.910. The van der Waals surface area contributed by atoms with Gasteiger partial charge in [-0.2, -0.15) is 0 Å². The molecule has 1 aromatic rings. The van der Waals surface area contributed by atoms with Crippen molar-refractivity contribution in [3.05, 3.63) is 34.3 Å². The van der Waals surface area contributed by atoms with Crippen molar-refractivity contribution in [3.8, 4) is 0 Å². The molecule has 5 heteroatoms. The van der Waals surface area contributed by atoms with Crippen LogP contribution in [-0.4, -0.2) is 32.0 Å². The highest BCUT2D eigenvalue weighted by Crippen LogP contribution is 2.13. The predicted molar refractivity (Wildman–Crippen MR) is 91.7 cm³/mol. The van der Waals surface area contributed by atoms with Gasteiger partial charge in [0.25, 0.3) is 0 Å². The molecule has 0 heterocycles. The predicted octanol–water partition coefficient (Wildman–Crippen LogP) is 3.68. The topological polar surface area (TPSA) is 47.6 Å². The summed E-state index contributed by atoms with van der Waals surface area (Å²) < 4.78 is 12.0. The maximum atomic E-state index is 11.8. The number of benzene rings is 1. The average molecular weight is 372 g/mol. The van der Waals surface area contributed by atoms with E-state index in [1.54, 1.807) is 0 Å². The van der Waals surface area contributed by atoms with Crippen LogP contribution in [0.1, 0.15) is 38.7 Å². The van der Waals surface area contributed by atoms with Crippen LogP contribution >= 0.6 is 15.9 Å². The first-order valence-corrected chi connectivity index (χ1v) is 8.69. The van der Waals surface area contributed by atoms with Crippen molar-refractivity contribution in [2.75, 3.05) is 19.8 Å². The average Bonchev–Trinajstić information content (AvgIpc) is 2.50. The first-order chi connectivity index (χ1) is 10.7. The summed E-state index contributed by atoms with van der Waals surface area (Å²) in [7, 11) is 0. The molecule has 0 aromatic heterocycles. The van der Waals surface area contributed by atoms with Gasteiger partial charge in [0.1, 0.15) is 0 Å². The lowest BCUT2D eigenvalue weighted by Gasteiger charge is -2.16. The van der Waals surface area contributed by atoms with Gasteiger partial charge in [-0.05, 0) is 44.4 Å². The van der Waals surface area contributed by atoms with E-state index in [2.05, 4.69) is 21.2 Å². The number of carbonyl (C=O) groups excluding carboxylic acids is 1. The summed E-state index contributed by atoms with van der Waals surface area (Å²) in [6.07, 6.45) is 2.76. The van der Waals surface area contributed by atoms with Crippen LogP contribution in [0.2, 0.25) is 0 Å². The van der Waals surface area contributed by atoms with Gasteiger partial charge in [-0.3, -0.25) is 4.79 Å². The summed E-state index contributed by atoms with van der Waals surface area (Å²) >= 11 is 3.44. The van der Waals surface area contributed by atoms with Gasteiger partial charge in [0.05, 0.1) is 0 Å². The zero-order chi connectivity index (χ0) is 16.2. The molecule has 0 saturated heterocycles. The van der Waals surface area contributed by atoms with Crippen LogP contribution in [0.4, 0.5) is 0 Å². The van der Waals surface area contributed by atoms with Gasteiger partial charge in [-0.15, -0.1) is 0 Å². The lowest BCUT2D eigenvalue weighted by molar-refractivity contribution is -0.140. The standard InChI is InChI=1S/C17H26BrNO3/c1-3-21-17(22-4-2)9-6-12-19-16(20)11-10-14-7-5-8-15(18)13-14/h5,7-8,13,17H,3-4,6,9-12H2,1-2H3,(H,19,20). The van der Waals surface area contributed by atoms with Crippen LogP contribution in [-0.2, 0) is 20.7 Å². The van der Waals surface area contributed by atoms with Crippen molar-refractivity contribution in [2.24, 2.45) is 0 Å². The molecule has 22 heavy (non-hydrogen) atoms. The van der Waals surface area contributed by atoms with E-state index in [1.807, 2.05) is 38.1 Å². The van der Waals surface area contributed by atoms with E-state index in [1.165, 1.54) is 0 Å². The van der Waals surface area contributed by atoms with Crippen LogP contribution in [0.3, 0.4) is 0 Å². The van der Waals surface area contributed by atoms with Crippen LogP contribution in [0, 0.1) is 0 Å². The number of carbonyl (C=O) groups is 1. The summed E-state index contributed by atoms with van der Waals surface area (Å²) in [5.74, 6) is 0.0874. The van der Waals surface area contributed by atoms with Crippen LogP contribution < -0.4 is 5.32 Å². The van der Waals surface area contributed by atoms with Crippen molar-refractivity contribution in [1.82, 2.24) is 5.32 Å². The molecule has 1 rings (SSSR count). The lowest BCUT2D eigenvalue weighted by atomic mass is 10.1. The fourth-order valence-corrected chi connectivity index (χ4v) is 2.57. The van der Waals surface area contributed by atoms with E-state index < -0.39 is 0 Å². The number of aryl methyl sites for hydroxylation is 1. The second-order valence-electron chi connectivity index (χ2n) is 4.96. The van der Waals surface area contributed by atoms with Crippen LogP contribution in [0.25, 0.3) is 0 Å².